The van der Waals surface area contributed by atoms with Crippen LogP contribution in [0.4, 0.5) is 5.82 Å². The molecule has 5 heteroatoms. The maximum absolute atomic E-state index is 10.6. The van der Waals surface area contributed by atoms with Gasteiger partial charge in [-0.2, -0.15) is 0 Å². The van der Waals surface area contributed by atoms with Crippen molar-refractivity contribution in [3.05, 3.63) is 30.6 Å². The summed E-state index contributed by atoms with van der Waals surface area (Å²) in [5.74, 6) is 0.206. The third-order valence-corrected chi connectivity index (χ3v) is 1.97. The van der Waals surface area contributed by atoms with Crippen molar-refractivity contribution in [1.82, 2.24) is 9.97 Å². The molecule has 0 bridgehead atoms. The summed E-state index contributed by atoms with van der Waals surface area (Å²) in [6, 6.07) is 7.56. The number of hydrogen-bond donors (Lipinski definition) is 2. The zero-order chi connectivity index (χ0) is 10.7. The molecule has 1 heterocycles. The van der Waals surface area contributed by atoms with E-state index in [0.29, 0.717) is 5.82 Å². The number of nitrogens with two attached hydrogens (primary N) is 1. The maximum atomic E-state index is 10.6. The molecule has 2 aromatic rings. The Morgan fingerprint density at radius 2 is 2.13 bits per heavy atom. The van der Waals surface area contributed by atoms with Crippen LogP contribution in [0.1, 0.15) is 0 Å². The van der Waals surface area contributed by atoms with Gasteiger partial charge >= 0.3 is 0 Å². The molecule has 1 amide bonds. The smallest absolute Gasteiger partial charge is 0.236 e. The van der Waals surface area contributed by atoms with Crippen molar-refractivity contribution in [2.45, 2.75) is 0 Å². The Morgan fingerprint density at radius 1 is 1.33 bits per heavy atom. The van der Waals surface area contributed by atoms with E-state index in [4.69, 9.17) is 5.73 Å². The van der Waals surface area contributed by atoms with E-state index in [2.05, 4.69) is 15.3 Å². The van der Waals surface area contributed by atoms with Gasteiger partial charge in [-0.1, -0.05) is 12.1 Å². The van der Waals surface area contributed by atoms with Crippen molar-refractivity contribution in [3.63, 3.8) is 0 Å². The molecule has 0 aliphatic carbocycles. The number of primary amides is 1. The summed E-state index contributed by atoms with van der Waals surface area (Å²) in [4.78, 5) is 18.8. The molecular formula is C10H10N4O. The molecule has 1 aromatic carbocycles. The van der Waals surface area contributed by atoms with Crippen LogP contribution >= 0.6 is 0 Å². The molecule has 0 saturated carbocycles. The zero-order valence-electron chi connectivity index (χ0n) is 7.97. The molecule has 0 saturated heterocycles. The Balaban J connectivity index is 2.38. The van der Waals surface area contributed by atoms with Gasteiger partial charge in [0.1, 0.15) is 12.1 Å². The molecule has 2 rings (SSSR count). The lowest BCUT2D eigenvalue weighted by atomic mass is 10.2. The number of hydrogen-bond acceptors (Lipinski definition) is 4. The van der Waals surface area contributed by atoms with Crippen LogP contribution in [0.25, 0.3) is 10.9 Å². The number of amides is 1. The van der Waals surface area contributed by atoms with Crippen LogP contribution in [0.15, 0.2) is 30.6 Å². The Morgan fingerprint density at radius 3 is 2.93 bits per heavy atom. The molecule has 76 valence electrons. The minimum atomic E-state index is -0.419. The summed E-state index contributed by atoms with van der Waals surface area (Å²) in [6.07, 6.45) is 1.45. The largest absolute Gasteiger partial charge is 0.368 e. The summed E-state index contributed by atoms with van der Waals surface area (Å²) >= 11 is 0. The predicted molar refractivity (Wildman–Crippen MR) is 57.2 cm³/mol. The first-order chi connectivity index (χ1) is 7.27. The molecular weight excluding hydrogens is 192 g/mol. The van der Waals surface area contributed by atoms with Gasteiger partial charge in [0.25, 0.3) is 0 Å². The van der Waals surface area contributed by atoms with Gasteiger partial charge in [0.2, 0.25) is 5.91 Å². The van der Waals surface area contributed by atoms with Crippen molar-refractivity contribution in [2.75, 3.05) is 11.9 Å². The van der Waals surface area contributed by atoms with Crippen LogP contribution in [0.3, 0.4) is 0 Å². The van der Waals surface area contributed by atoms with Crippen molar-refractivity contribution >= 4 is 22.6 Å². The fourth-order valence-electron chi connectivity index (χ4n) is 1.32. The van der Waals surface area contributed by atoms with E-state index >= 15 is 0 Å². The monoisotopic (exact) mass is 202 g/mol. The standard InChI is InChI=1S/C10H10N4O/c11-9(15)5-12-10-7-3-1-2-4-8(7)13-6-14-10/h1-4,6H,5H2,(H2,11,15)(H,12,13,14). The number of benzene rings is 1. The molecule has 0 fully saturated rings. The SMILES string of the molecule is NC(=O)CNc1ncnc2ccccc12. The Bertz CT molecular complexity index is 492. The average Bonchev–Trinajstić information content (AvgIpc) is 2.26. The zero-order valence-corrected chi connectivity index (χ0v) is 7.97. The van der Waals surface area contributed by atoms with Crippen LogP contribution in [0.2, 0.25) is 0 Å². The maximum Gasteiger partial charge on any atom is 0.236 e. The molecule has 1 aromatic heterocycles. The third kappa shape index (κ3) is 2.01. The highest BCUT2D eigenvalue weighted by Crippen LogP contribution is 2.17. The van der Waals surface area contributed by atoms with Gasteiger partial charge in [0.15, 0.2) is 0 Å². The first kappa shape index (κ1) is 9.39. The number of anilines is 1. The van der Waals surface area contributed by atoms with Crippen molar-refractivity contribution in [1.29, 1.82) is 0 Å². The van der Waals surface area contributed by atoms with Gasteiger partial charge in [-0.25, -0.2) is 9.97 Å². The molecule has 5 nitrogen and oxygen atoms in total. The van der Waals surface area contributed by atoms with Gasteiger partial charge in [-0.3, -0.25) is 4.79 Å². The van der Waals surface area contributed by atoms with Gasteiger partial charge in [-0.05, 0) is 12.1 Å². The Hall–Kier alpha value is -2.17. The second kappa shape index (κ2) is 3.91. The molecule has 0 aliphatic rings. The lowest BCUT2D eigenvalue weighted by molar-refractivity contribution is -0.116. The molecule has 15 heavy (non-hydrogen) atoms. The summed E-state index contributed by atoms with van der Waals surface area (Å²) in [7, 11) is 0. The van der Waals surface area contributed by atoms with E-state index in [1.54, 1.807) is 0 Å². The van der Waals surface area contributed by atoms with Crippen molar-refractivity contribution < 1.29 is 4.79 Å². The van der Waals surface area contributed by atoms with Crippen molar-refractivity contribution in [3.8, 4) is 0 Å². The first-order valence-corrected chi connectivity index (χ1v) is 4.49. The van der Waals surface area contributed by atoms with Gasteiger partial charge < -0.3 is 11.1 Å². The fourth-order valence-corrected chi connectivity index (χ4v) is 1.32. The number of aromatic nitrogens is 2. The number of nitrogens with zero attached hydrogens (tertiary/aromatic N) is 2. The quantitative estimate of drug-likeness (QED) is 0.760. The van der Waals surface area contributed by atoms with E-state index < -0.39 is 5.91 Å². The van der Waals surface area contributed by atoms with Crippen LogP contribution in [0, 0.1) is 0 Å². The summed E-state index contributed by atoms with van der Waals surface area (Å²) in [5, 5.41) is 3.74. The second-order valence-corrected chi connectivity index (χ2v) is 3.06. The predicted octanol–water partition coefficient (Wildman–Crippen LogP) is 0.527. The minimum absolute atomic E-state index is 0.0704. The molecule has 0 spiro atoms. The highest BCUT2D eigenvalue weighted by atomic mass is 16.1. The molecule has 3 N–H and O–H groups in total. The Labute approximate surface area is 86.3 Å². The van der Waals surface area contributed by atoms with E-state index in [-0.39, 0.29) is 6.54 Å². The minimum Gasteiger partial charge on any atom is -0.368 e. The summed E-state index contributed by atoms with van der Waals surface area (Å²) in [5.41, 5.74) is 5.87. The number of rotatable bonds is 3. The van der Waals surface area contributed by atoms with Crippen LogP contribution in [-0.2, 0) is 4.79 Å². The van der Waals surface area contributed by atoms with Gasteiger partial charge in [0.05, 0.1) is 12.1 Å². The van der Waals surface area contributed by atoms with Gasteiger partial charge in [0, 0.05) is 5.39 Å². The van der Waals surface area contributed by atoms with Crippen LogP contribution in [0.5, 0.6) is 0 Å². The fraction of sp³-hybridized carbons (Fsp3) is 0.100. The number of para-hydroxylation sites is 1. The van der Waals surface area contributed by atoms with E-state index in [1.807, 2.05) is 24.3 Å². The lowest BCUT2D eigenvalue weighted by Gasteiger charge is -2.05. The summed E-state index contributed by atoms with van der Waals surface area (Å²) in [6.45, 7) is 0.0704. The molecule has 0 radical (unpaired) electrons. The summed E-state index contributed by atoms with van der Waals surface area (Å²) < 4.78 is 0. The molecule has 0 aliphatic heterocycles. The average molecular weight is 202 g/mol. The van der Waals surface area contributed by atoms with Crippen molar-refractivity contribution in [2.24, 2.45) is 5.73 Å². The number of carbonyl (C=O) groups excluding carboxylic acids is 1. The van der Waals surface area contributed by atoms with E-state index in [0.717, 1.165) is 10.9 Å². The number of fused-ring (bicyclic) bond motifs is 1. The number of carbonyl (C=O) groups is 1. The highest BCUT2D eigenvalue weighted by molar-refractivity contribution is 5.90. The first-order valence-electron chi connectivity index (χ1n) is 4.49. The van der Waals surface area contributed by atoms with Crippen LogP contribution < -0.4 is 11.1 Å². The molecule has 0 unspecified atom stereocenters. The van der Waals surface area contributed by atoms with E-state index in [1.165, 1.54) is 6.33 Å². The number of nitrogens with one attached hydrogen (secondary N) is 1. The second-order valence-electron chi connectivity index (χ2n) is 3.06. The Kier molecular flexibility index (Phi) is 2.45. The van der Waals surface area contributed by atoms with E-state index in [9.17, 15) is 4.79 Å². The normalized spacial score (nSPS) is 10.1. The third-order valence-electron chi connectivity index (χ3n) is 1.97. The highest BCUT2D eigenvalue weighted by Gasteiger charge is 2.02. The topological polar surface area (TPSA) is 80.9 Å². The van der Waals surface area contributed by atoms with Crippen LogP contribution in [-0.4, -0.2) is 22.4 Å². The molecule has 0 atom stereocenters. The lowest BCUT2D eigenvalue weighted by Crippen LogP contribution is -2.22. The van der Waals surface area contributed by atoms with Gasteiger partial charge in [-0.15, -0.1) is 0 Å².